The van der Waals surface area contributed by atoms with Crippen molar-refractivity contribution in [3.05, 3.63) is 35.9 Å². The molecule has 2 atom stereocenters. The molecule has 0 amide bonds. The summed E-state index contributed by atoms with van der Waals surface area (Å²) < 4.78 is 0. The van der Waals surface area contributed by atoms with Gasteiger partial charge < -0.3 is 0 Å². The van der Waals surface area contributed by atoms with Crippen LogP contribution in [0.5, 0.6) is 0 Å². The Morgan fingerprint density at radius 2 is 1.93 bits per heavy atom. The maximum atomic E-state index is 2.48. The summed E-state index contributed by atoms with van der Waals surface area (Å²) in [5.74, 6) is 0.881. The summed E-state index contributed by atoms with van der Waals surface area (Å²) >= 11 is 0. The van der Waals surface area contributed by atoms with Crippen molar-refractivity contribution >= 4 is 0 Å². The van der Waals surface area contributed by atoms with Gasteiger partial charge in [0.15, 0.2) is 0 Å². The summed E-state index contributed by atoms with van der Waals surface area (Å²) in [4.78, 5) is 0. The molecule has 2 unspecified atom stereocenters. The van der Waals surface area contributed by atoms with Gasteiger partial charge in [-0.25, -0.2) is 0 Å². The fraction of sp³-hybridized carbons (Fsp3) is 0.600. The molecule has 0 nitrogen and oxygen atoms in total. The number of rotatable bonds is 2. The molecular formula is C15H22. The lowest BCUT2D eigenvalue weighted by atomic mass is 9.65. The number of hydrogen-bond acceptors (Lipinski definition) is 0. The van der Waals surface area contributed by atoms with Gasteiger partial charge in [-0.05, 0) is 29.7 Å². The summed E-state index contributed by atoms with van der Waals surface area (Å²) in [5, 5.41) is 0. The lowest BCUT2D eigenvalue weighted by Crippen LogP contribution is -2.31. The molecule has 0 N–H and O–H groups in total. The molecular weight excluding hydrogens is 180 g/mol. The molecule has 0 aliphatic heterocycles. The Morgan fingerprint density at radius 3 is 2.60 bits per heavy atom. The highest BCUT2D eigenvalue weighted by Gasteiger charge is 2.33. The zero-order chi connectivity index (χ0) is 10.7. The Balaban J connectivity index is 2.09. The standard InChI is InChI=1S/C15H22/c1-13-8-6-7-11-15(13,2)12-14-9-4-3-5-10-14/h3-5,9-10,13H,6-8,11-12H2,1-2H3. The lowest BCUT2D eigenvalue weighted by molar-refractivity contribution is 0.130. The van der Waals surface area contributed by atoms with Crippen molar-refractivity contribution in [2.24, 2.45) is 11.3 Å². The zero-order valence-corrected chi connectivity index (χ0v) is 10.00. The molecule has 1 aliphatic carbocycles. The molecule has 0 heterocycles. The largest absolute Gasteiger partial charge is 0.0622 e. The predicted molar refractivity (Wildman–Crippen MR) is 65.9 cm³/mol. The highest BCUT2D eigenvalue weighted by atomic mass is 14.4. The maximum absolute atomic E-state index is 2.48. The second-order valence-electron chi connectivity index (χ2n) is 5.46. The van der Waals surface area contributed by atoms with Crippen molar-refractivity contribution in [2.75, 3.05) is 0 Å². The van der Waals surface area contributed by atoms with Crippen LogP contribution in [-0.2, 0) is 6.42 Å². The van der Waals surface area contributed by atoms with Crippen LogP contribution in [0.2, 0.25) is 0 Å². The van der Waals surface area contributed by atoms with Crippen LogP contribution in [-0.4, -0.2) is 0 Å². The van der Waals surface area contributed by atoms with Gasteiger partial charge in [0, 0.05) is 0 Å². The monoisotopic (exact) mass is 202 g/mol. The van der Waals surface area contributed by atoms with E-state index in [4.69, 9.17) is 0 Å². The second-order valence-corrected chi connectivity index (χ2v) is 5.46. The highest BCUT2D eigenvalue weighted by Crippen LogP contribution is 2.43. The van der Waals surface area contributed by atoms with Crippen LogP contribution >= 0.6 is 0 Å². The van der Waals surface area contributed by atoms with Gasteiger partial charge in [-0.15, -0.1) is 0 Å². The third-order valence-corrected chi connectivity index (χ3v) is 4.28. The van der Waals surface area contributed by atoms with E-state index in [0.29, 0.717) is 5.41 Å². The van der Waals surface area contributed by atoms with Gasteiger partial charge in [0.25, 0.3) is 0 Å². The van der Waals surface area contributed by atoms with Crippen molar-refractivity contribution in [1.29, 1.82) is 0 Å². The van der Waals surface area contributed by atoms with Crippen LogP contribution in [0.25, 0.3) is 0 Å². The quantitative estimate of drug-likeness (QED) is 0.665. The van der Waals surface area contributed by atoms with Gasteiger partial charge in [0.1, 0.15) is 0 Å². The molecule has 1 fully saturated rings. The molecule has 15 heavy (non-hydrogen) atoms. The van der Waals surface area contributed by atoms with Crippen LogP contribution in [0.4, 0.5) is 0 Å². The Labute approximate surface area is 93.7 Å². The van der Waals surface area contributed by atoms with Gasteiger partial charge in [-0.3, -0.25) is 0 Å². The van der Waals surface area contributed by atoms with E-state index in [1.807, 2.05) is 0 Å². The lowest BCUT2D eigenvalue weighted by Gasteiger charge is -2.40. The molecule has 0 aromatic heterocycles. The van der Waals surface area contributed by atoms with E-state index in [9.17, 15) is 0 Å². The van der Waals surface area contributed by atoms with Crippen LogP contribution in [0, 0.1) is 11.3 Å². The van der Waals surface area contributed by atoms with Gasteiger partial charge in [-0.1, -0.05) is 63.4 Å². The smallest absolute Gasteiger partial charge is 0.0222 e. The van der Waals surface area contributed by atoms with Gasteiger partial charge in [0.2, 0.25) is 0 Å². The van der Waals surface area contributed by atoms with Crippen molar-refractivity contribution < 1.29 is 0 Å². The molecule has 1 aliphatic rings. The molecule has 1 saturated carbocycles. The second kappa shape index (κ2) is 4.38. The minimum atomic E-state index is 0.541. The van der Waals surface area contributed by atoms with E-state index in [2.05, 4.69) is 44.2 Å². The Hall–Kier alpha value is -0.780. The Morgan fingerprint density at radius 1 is 1.20 bits per heavy atom. The van der Waals surface area contributed by atoms with Gasteiger partial charge >= 0.3 is 0 Å². The Bertz CT molecular complexity index is 301. The van der Waals surface area contributed by atoms with E-state index in [0.717, 1.165) is 5.92 Å². The third-order valence-electron chi connectivity index (χ3n) is 4.28. The minimum Gasteiger partial charge on any atom is -0.0622 e. The summed E-state index contributed by atoms with van der Waals surface area (Å²) in [7, 11) is 0. The Kier molecular flexibility index (Phi) is 3.14. The minimum absolute atomic E-state index is 0.541. The van der Waals surface area contributed by atoms with E-state index >= 15 is 0 Å². The molecule has 82 valence electrons. The molecule has 1 aromatic carbocycles. The average molecular weight is 202 g/mol. The molecule has 0 radical (unpaired) electrons. The van der Waals surface area contributed by atoms with E-state index in [-0.39, 0.29) is 0 Å². The van der Waals surface area contributed by atoms with Crippen molar-refractivity contribution in [1.82, 2.24) is 0 Å². The zero-order valence-electron chi connectivity index (χ0n) is 10.00. The molecule has 0 spiro atoms. The number of benzene rings is 1. The predicted octanol–water partition coefficient (Wildman–Crippen LogP) is 4.45. The van der Waals surface area contributed by atoms with Crippen molar-refractivity contribution in [2.45, 2.75) is 46.0 Å². The molecule has 0 bridgehead atoms. The summed E-state index contributed by atoms with van der Waals surface area (Å²) in [6, 6.07) is 11.0. The molecule has 0 heteroatoms. The first-order valence-electron chi connectivity index (χ1n) is 6.25. The third kappa shape index (κ3) is 2.42. The van der Waals surface area contributed by atoms with Gasteiger partial charge in [0.05, 0.1) is 0 Å². The van der Waals surface area contributed by atoms with Crippen LogP contribution in [0.3, 0.4) is 0 Å². The topological polar surface area (TPSA) is 0 Å². The molecule has 0 saturated heterocycles. The average Bonchev–Trinajstić information content (AvgIpc) is 2.24. The SMILES string of the molecule is CC1CCCCC1(C)Cc1ccccc1. The first-order chi connectivity index (χ1) is 7.21. The highest BCUT2D eigenvalue weighted by molar-refractivity contribution is 5.16. The van der Waals surface area contributed by atoms with E-state index < -0.39 is 0 Å². The fourth-order valence-electron chi connectivity index (χ4n) is 2.90. The maximum Gasteiger partial charge on any atom is -0.0222 e. The van der Waals surface area contributed by atoms with Crippen LogP contribution in [0.1, 0.15) is 45.1 Å². The van der Waals surface area contributed by atoms with E-state index in [1.165, 1.54) is 37.7 Å². The van der Waals surface area contributed by atoms with Crippen molar-refractivity contribution in [3.63, 3.8) is 0 Å². The summed E-state index contributed by atoms with van der Waals surface area (Å²) in [5.41, 5.74) is 2.05. The normalized spacial score (nSPS) is 31.5. The first-order valence-corrected chi connectivity index (χ1v) is 6.25. The fourth-order valence-corrected chi connectivity index (χ4v) is 2.90. The molecule has 1 aromatic rings. The van der Waals surface area contributed by atoms with E-state index in [1.54, 1.807) is 0 Å². The van der Waals surface area contributed by atoms with Crippen LogP contribution in [0.15, 0.2) is 30.3 Å². The number of hydrogen-bond donors (Lipinski definition) is 0. The van der Waals surface area contributed by atoms with Crippen molar-refractivity contribution in [3.8, 4) is 0 Å². The molecule has 2 rings (SSSR count). The summed E-state index contributed by atoms with van der Waals surface area (Å²) in [6.45, 7) is 4.91. The van der Waals surface area contributed by atoms with Gasteiger partial charge in [-0.2, -0.15) is 0 Å². The summed E-state index contributed by atoms with van der Waals surface area (Å²) in [6.07, 6.45) is 6.95. The van der Waals surface area contributed by atoms with Crippen LogP contribution < -0.4 is 0 Å². The first kappa shape index (κ1) is 10.7.